The monoisotopic (exact) mass is 1080 g/mol. The average molecular weight is 1080 g/mol. The van der Waals surface area contributed by atoms with Crippen LogP contribution in [0, 0.1) is 0 Å². The Morgan fingerprint density at radius 3 is 1.37 bits per heavy atom. The third-order valence-corrected chi connectivity index (χ3v) is 13.0. The van der Waals surface area contributed by atoms with Crippen LogP contribution in [0.2, 0.25) is 0 Å². The Hall–Kier alpha value is -11.1. The fourth-order valence-electron chi connectivity index (χ4n) is 9.40. The van der Waals surface area contributed by atoms with E-state index in [1.165, 1.54) is 0 Å². The van der Waals surface area contributed by atoms with Gasteiger partial charge in [-0.05, 0) is 24.3 Å². The lowest BCUT2D eigenvalue weighted by Gasteiger charge is -2.43. The van der Waals surface area contributed by atoms with Gasteiger partial charge in [0.2, 0.25) is 40.2 Å². The summed E-state index contributed by atoms with van der Waals surface area (Å²) >= 11 is 0. The summed E-state index contributed by atoms with van der Waals surface area (Å²) in [5, 5.41) is 173. The Bertz CT molecular complexity index is 4210. The number of fused-ring (bicyclic) bond motifs is 10. The van der Waals surface area contributed by atoms with Gasteiger partial charge in [-0.3, -0.25) is 0 Å². The molecule has 5 unspecified atom stereocenters. The molecule has 16 N–H and O–H groups in total. The van der Waals surface area contributed by atoms with Crippen LogP contribution in [-0.2, 0) is 23.7 Å². The Morgan fingerprint density at radius 1 is 0.385 bits per heavy atom. The van der Waals surface area contributed by atoms with Crippen molar-refractivity contribution in [3.63, 3.8) is 0 Å². The molecule has 8 aromatic rings. The molecule has 0 amide bonds. The summed E-state index contributed by atoms with van der Waals surface area (Å²) in [6, 6.07) is 2.12. The average Bonchev–Trinajstić information content (AvgIpc) is 3.22. The number of phenols is 15. The summed E-state index contributed by atoms with van der Waals surface area (Å²) in [4.78, 5) is 85.9. The van der Waals surface area contributed by atoms with E-state index in [9.17, 15) is 110 Å². The lowest BCUT2D eigenvalue weighted by Crippen LogP contribution is -2.62. The van der Waals surface area contributed by atoms with Crippen molar-refractivity contribution in [1.29, 1.82) is 0 Å². The molecule has 11 rings (SSSR count). The number of ether oxygens (including phenoxy) is 6. The van der Waals surface area contributed by atoms with Gasteiger partial charge >= 0.3 is 35.1 Å². The minimum Gasteiger partial charge on any atom is -0.504 e. The van der Waals surface area contributed by atoms with Crippen LogP contribution in [0.5, 0.6) is 97.7 Å². The number of aromatic hydroxyl groups is 15. The van der Waals surface area contributed by atoms with Crippen LogP contribution in [0.25, 0.3) is 55.0 Å². The summed E-state index contributed by atoms with van der Waals surface area (Å²) in [5.41, 5.74) is -14.5. The number of hydrogen-bond donors (Lipinski definition) is 16. The van der Waals surface area contributed by atoms with Gasteiger partial charge in [0.1, 0.15) is 18.3 Å². The number of carbonyl (C=O) groups is 4. The van der Waals surface area contributed by atoms with Crippen molar-refractivity contribution in [2.75, 3.05) is 6.61 Å². The van der Waals surface area contributed by atoms with Crippen molar-refractivity contribution in [3.8, 4) is 120 Å². The van der Waals surface area contributed by atoms with E-state index in [4.69, 9.17) is 37.3 Å². The summed E-state index contributed by atoms with van der Waals surface area (Å²) < 4.78 is 44.4. The molecule has 0 spiro atoms. The minimum atomic E-state index is -2.67. The van der Waals surface area contributed by atoms with Gasteiger partial charge in [0.15, 0.2) is 93.3 Å². The molecule has 0 aliphatic carbocycles. The van der Waals surface area contributed by atoms with Gasteiger partial charge in [-0.25, -0.2) is 28.8 Å². The van der Waals surface area contributed by atoms with E-state index in [-0.39, 0.29) is 0 Å². The van der Waals surface area contributed by atoms with Gasteiger partial charge in [0.05, 0.1) is 27.5 Å². The summed E-state index contributed by atoms with van der Waals surface area (Å²) in [7, 11) is 0. The first-order chi connectivity index (χ1) is 36.8. The number of rotatable bonds is 0. The van der Waals surface area contributed by atoms with E-state index < -0.39 is 247 Å². The number of benzene rings is 6. The Balaban J connectivity index is 1.20. The largest absolute Gasteiger partial charge is 0.504 e. The Labute approximate surface area is 424 Å². The predicted octanol–water partition coefficient (Wildman–Crippen LogP) is 2.38. The second-order valence-corrected chi connectivity index (χ2v) is 17.3. The number of aliphatic hydroxyl groups excluding tert-OH is 1. The van der Waals surface area contributed by atoms with Gasteiger partial charge in [-0.1, -0.05) is 0 Å². The van der Waals surface area contributed by atoms with Gasteiger partial charge in [-0.15, -0.1) is 0 Å². The quantitative estimate of drug-likeness (QED) is 0.0341. The maximum atomic E-state index is 15.0. The Morgan fingerprint density at radius 2 is 0.833 bits per heavy atom. The third-order valence-electron chi connectivity index (χ3n) is 13.0. The fourth-order valence-corrected chi connectivity index (χ4v) is 9.40. The molecule has 2 aromatic heterocycles. The van der Waals surface area contributed by atoms with E-state index in [0.717, 1.165) is 0 Å². The number of aliphatic hydroxyl groups is 1. The number of phenolic OH excluding ortho intramolecular Hbond substituents is 15. The highest BCUT2D eigenvalue weighted by molar-refractivity contribution is 6.26. The highest BCUT2D eigenvalue weighted by Crippen LogP contribution is 2.57. The smallest absolute Gasteiger partial charge is 0.345 e. The van der Waals surface area contributed by atoms with E-state index >= 15 is 0 Å². The van der Waals surface area contributed by atoms with Crippen molar-refractivity contribution in [1.82, 2.24) is 0 Å². The van der Waals surface area contributed by atoms with Crippen LogP contribution in [0.4, 0.5) is 0 Å². The predicted molar refractivity (Wildman–Crippen MR) is 245 cm³/mol. The molecule has 1 saturated heterocycles. The summed E-state index contributed by atoms with van der Waals surface area (Å²) in [5.74, 6) is -31.0. The maximum Gasteiger partial charge on any atom is 0.345 e. The van der Waals surface area contributed by atoms with Crippen LogP contribution in [0.3, 0.4) is 0 Å². The number of esters is 4. The second kappa shape index (κ2) is 16.7. The zero-order valence-electron chi connectivity index (χ0n) is 37.9. The van der Waals surface area contributed by atoms with Crippen LogP contribution in [0.1, 0.15) is 41.4 Å². The molecule has 0 saturated carbocycles. The van der Waals surface area contributed by atoms with Gasteiger partial charge < -0.3 is 119 Å². The van der Waals surface area contributed by atoms with Gasteiger partial charge in [0, 0.05) is 39.1 Å². The normalized spacial score (nSPS) is 19.3. The van der Waals surface area contributed by atoms with Crippen molar-refractivity contribution in [3.05, 3.63) is 73.4 Å². The molecule has 30 heteroatoms. The molecule has 2 bridgehead atoms. The zero-order valence-corrected chi connectivity index (χ0v) is 37.9. The lowest BCUT2D eigenvalue weighted by molar-refractivity contribution is -0.284. The molecule has 78 heavy (non-hydrogen) atoms. The van der Waals surface area contributed by atoms with Crippen molar-refractivity contribution in [2.24, 2.45) is 0 Å². The number of cyclic esters (lactones) is 1. The molecule has 3 aliphatic rings. The SMILES string of the molecule is O=C1OCC2OC(O)C3OC(=O)c4cc(O)c(O)c(O)c4-c4c(cc(O)c(O)c4O)C(=O)OC3C2OC(=O)c2cc(O)c(O)c(O)c2-c2c(O)c(O)c3oc(=O)c4cc(O)c(c5oc(=O)c2c3c54)Oc2c1cc(O)c(O)c2O. The van der Waals surface area contributed by atoms with Crippen LogP contribution in [-0.4, -0.2) is 143 Å². The molecule has 0 radical (unpaired) electrons. The van der Waals surface area contributed by atoms with Crippen LogP contribution in [0.15, 0.2) is 48.8 Å². The number of carbonyl (C=O) groups excluding carboxylic acids is 4. The molecule has 6 aromatic carbocycles. The molecular weight excluding hydrogens is 1060 g/mol. The third kappa shape index (κ3) is 6.76. The van der Waals surface area contributed by atoms with E-state index in [1.807, 2.05) is 0 Å². The van der Waals surface area contributed by atoms with Crippen molar-refractivity contribution >= 4 is 56.6 Å². The van der Waals surface area contributed by atoms with Crippen LogP contribution < -0.4 is 16.0 Å². The van der Waals surface area contributed by atoms with Gasteiger partial charge in [0.25, 0.3) is 0 Å². The van der Waals surface area contributed by atoms with Crippen LogP contribution >= 0.6 is 0 Å². The molecule has 1 fully saturated rings. The van der Waals surface area contributed by atoms with Crippen molar-refractivity contribution < 1.29 is 138 Å². The molecular formula is C48H28O30. The lowest BCUT2D eigenvalue weighted by atomic mass is 9.90. The maximum absolute atomic E-state index is 15.0. The minimum absolute atomic E-state index is 0.320. The topological polar surface area (TPSA) is 508 Å². The fraction of sp³-hybridized carbons (Fsp3) is 0.125. The molecule has 400 valence electrons. The Kier molecular flexibility index (Phi) is 10.5. The molecule has 30 nitrogen and oxygen atoms in total. The zero-order chi connectivity index (χ0) is 56.1. The van der Waals surface area contributed by atoms with E-state index in [2.05, 4.69) is 0 Å². The van der Waals surface area contributed by atoms with Gasteiger partial charge in [-0.2, -0.15) is 0 Å². The number of hydrogen-bond acceptors (Lipinski definition) is 30. The molecule has 5 atom stereocenters. The van der Waals surface area contributed by atoms with E-state index in [1.54, 1.807) is 0 Å². The first-order valence-electron chi connectivity index (χ1n) is 21.7. The highest BCUT2D eigenvalue weighted by Gasteiger charge is 2.54. The summed E-state index contributed by atoms with van der Waals surface area (Å²) in [6.07, 6.45) is -12.8. The molecule has 5 heterocycles. The standard InChI is InChI=1S/C48H28O30/c49-12-1-7-18(29(58)25(12)54)19-8(2-13(50)26(55)30(19)59)45(67)78-41-40(77-44(7)66)37-17(72-48(41)70)6-71-42(64)11-5-15(52)28(57)33(62)35(11)73-36-16(53)4-10-21-23-24(47(69)76-39(21)36)22(32(61)34(63)38(23)75-46(10)68)20-9(43(65)74-37)3-14(51)27(56)31(20)60/h1-5,17,37,40-41,48-63,70H,6H2. The highest BCUT2D eigenvalue weighted by atomic mass is 16.7. The molecule has 3 aliphatic heterocycles. The first kappa shape index (κ1) is 49.1. The van der Waals surface area contributed by atoms with E-state index in [0.29, 0.717) is 30.3 Å². The van der Waals surface area contributed by atoms with Crippen molar-refractivity contribution in [2.45, 2.75) is 30.7 Å². The first-order valence-corrected chi connectivity index (χ1v) is 21.7. The second-order valence-electron chi connectivity index (χ2n) is 17.3. The summed E-state index contributed by atoms with van der Waals surface area (Å²) in [6.45, 7) is -1.40.